The third-order valence-corrected chi connectivity index (χ3v) is 5.87. The van der Waals surface area contributed by atoms with E-state index in [-0.39, 0.29) is 11.5 Å². The molecule has 3 aliphatic heterocycles. The SMILES string of the molecule is COCCCN1CC2(CCN(CC3CCCOC3)CC2)OCCC1=O. The van der Waals surface area contributed by atoms with Crippen molar-refractivity contribution in [2.45, 2.75) is 44.1 Å². The minimum absolute atomic E-state index is 0.140. The summed E-state index contributed by atoms with van der Waals surface area (Å²) in [5.41, 5.74) is -0.140. The van der Waals surface area contributed by atoms with Gasteiger partial charge in [0.25, 0.3) is 0 Å². The third kappa shape index (κ3) is 5.39. The minimum atomic E-state index is -0.140. The van der Waals surface area contributed by atoms with E-state index < -0.39 is 0 Å². The van der Waals surface area contributed by atoms with Crippen LogP contribution in [0.15, 0.2) is 0 Å². The number of carbonyl (C=O) groups is 1. The lowest BCUT2D eigenvalue weighted by Crippen LogP contribution is -2.53. The van der Waals surface area contributed by atoms with Gasteiger partial charge < -0.3 is 24.0 Å². The number of hydrogen-bond donors (Lipinski definition) is 0. The lowest BCUT2D eigenvalue weighted by Gasteiger charge is -2.43. The van der Waals surface area contributed by atoms with Crippen LogP contribution in [0.5, 0.6) is 0 Å². The van der Waals surface area contributed by atoms with Crippen molar-refractivity contribution in [2.75, 3.05) is 66.3 Å². The van der Waals surface area contributed by atoms with Crippen molar-refractivity contribution in [1.29, 1.82) is 0 Å². The van der Waals surface area contributed by atoms with E-state index >= 15 is 0 Å². The molecule has 25 heavy (non-hydrogen) atoms. The Hall–Kier alpha value is -0.690. The zero-order valence-electron chi connectivity index (χ0n) is 15.7. The molecule has 0 aromatic carbocycles. The molecule has 0 aromatic heterocycles. The molecule has 1 atom stereocenters. The molecular formula is C19H34N2O4. The van der Waals surface area contributed by atoms with Gasteiger partial charge >= 0.3 is 0 Å². The number of rotatable bonds is 6. The van der Waals surface area contributed by atoms with E-state index in [0.29, 0.717) is 25.6 Å². The first-order chi connectivity index (χ1) is 12.2. The summed E-state index contributed by atoms with van der Waals surface area (Å²) in [6.07, 6.45) is 5.94. The van der Waals surface area contributed by atoms with Crippen LogP contribution in [0.4, 0.5) is 0 Å². The number of amides is 1. The Kier molecular flexibility index (Phi) is 7.10. The Bertz CT molecular complexity index is 418. The second kappa shape index (κ2) is 9.31. The molecule has 3 heterocycles. The summed E-state index contributed by atoms with van der Waals surface area (Å²) in [5.74, 6) is 0.916. The minimum Gasteiger partial charge on any atom is -0.385 e. The number of nitrogens with zero attached hydrogens (tertiary/aromatic N) is 2. The highest BCUT2D eigenvalue weighted by Crippen LogP contribution is 2.31. The Morgan fingerprint density at radius 2 is 2.12 bits per heavy atom. The fraction of sp³-hybridized carbons (Fsp3) is 0.947. The lowest BCUT2D eigenvalue weighted by molar-refractivity contribution is -0.132. The number of ether oxygens (including phenoxy) is 3. The van der Waals surface area contributed by atoms with Crippen LogP contribution in [0.25, 0.3) is 0 Å². The van der Waals surface area contributed by atoms with Gasteiger partial charge in [0, 0.05) is 53.0 Å². The maximum Gasteiger partial charge on any atom is 0.224 e. The quantitative estimate of drug-likeness (QED) is 0.677. The Morgan fingerprint density at radius 1 is 1.28 bits per heavy atom. The summed E-state index contributed by atoms with van der Waals surface area (Å²) in [7, 11) is 1.71. The van der Waals surface area contributed by atoms with Crippen molar-refractivity contribution < 1.29 is 19.0 Å². The van der Waals surface area contributed by atoms with Crippen LogP contribution in [-0.4, -0.2) is 87.6 Å². The summed E-state index contributed by atoms with van der Waals surface area (Å²) >= 11 is 0. The van der Waals surface area contributed by atoms with Crippen LogP contribution < -0.4 is 0 Å². The van der Waals surface area contributed by atoms with Crippen molar-refractivity contribution in [2.24, 2.45) is 5.92 Å². The third-order valence-electron chi connectivity index (χ3n) is 5.87. The summed E-state index contributed by atoms with van der Waals surface area (Å²) in [5, 5.41) is 0. The molecule has 3 rings (SSSR count). The van der Waals surface area contributed by atoms with Crippen LogP contribution >= 0.6 is 0 Å². The Labute approximate surface area is 151 Å². The van der Waals surface area contributed by atoms with Gasteiger partial charge in [0.1, 0.15) is 0 Å². The predicted octanol–water partition coefficient (Wildman–Crippen LogP) is 1.53. The van der Waals surface area contributed by atoms with Gasteiger partial charge in [0.15, 0.2) is 0 Å². The van der Waals surface area contributed by atoms with E-state index in [4.69, 9.17) is 14.2 Å². The molecule has 3 saturated heterocycles. The predicted molar refractivity (Wildman–Crippen MR) is 95.6 cm³/mol. The number of likely N-dealkylation sites (tertiary alicyclic amines) is 1. The van der Waals surface area contributed by atoms with E-state index in [9.17, 15) is 4.79 Å². The zero-order chi connectivity index (χ0) is 17.5. The number of piperidine rings is 1. The molecule has 6 nitrogen and oxygen atoms in total. The van der Waals surface area contributed by atoms with E-state index in [1.165, 1.54) is 12.8 Å². The molecular weight excluding hydrogens is 320 g/mol. The topological polar surface area (TPSA) is 51.2 Å². The second-order valence-corrected chi connectivity index (χ2v) is 7.83. The molecule has 0 saturated carbocycles. The lowest BCUT2D eigenvalue weighted by atomic mass is 9.89. The number of methoxy groups -OCH3 is 1. The van der Waals surface area contributed by atoms with Crippen LogP contribution in [0.1, 0.15) is 38.5 Å². The highest BCUT2D eigenvalue weighted by atomic mass is 16.5. The molecule has 0 radical (unpaired) electrons. The maximum atomic E-state index is 12.3. The maximum absolute atomic E-state index is 12.3. The fourth-order valence-corrected chi connectivity index (χ4v) is 4.36. The molecule has 0 aliphatic carbocycles. The van der Waals surface area contributed by atoms with E-state index in [1.54, 1.807) is 7.11 Å². The largest absolute Gasteiger partial charge is 0.385 e. The van der Waals surface area contributed by atoms with Gasteiger partial charge in [-0.15, -0.1) is 0 Å². The van der Waals surface area contributed by atoms with Crippen molar-refractivity contribution in [1.82, 2.24) is 9.80 Å². The molecule has 1 spiro atoms. The molecule has 0 N–H and O–H groups in total. The molecule has 1 amide bonds. The number of carbonyl (C=O) groups excluding carboxylic acids is 1. The van der Waals surface area contributed by atoms with E-state index in [0.717, 1.165) is 65.2 Å². The summed E-state index contributed by atoms with van der Waals surface area (Å²) in [6.45, 7) is 7.92. The van der Waals surface area contributed by atoms with Crippen molar-refractivity contribution in [3.05, 3.63) is 0 Å². The molecule has 1 unspecified atom stereocenters. The normalized spacial score (nSPS) is 28.3. The van der Waals surface area contributed by atoms with Gasteiger partial charge in [0.05, 0.1) is 25.2 Å². The first-order valence-electron chi connectivity index (χ1n) is 9.91. The van der Waals surface area contributed by atoms with Crippen LogP contribution in [-0.2, 0) is 19.0 Å². The van der Waals surface area contributed by atoms with Gasteiger partial charge in [-0.1, -0.05) is 0 Å². The summed E-state index contributed by atoms with van der Waals surface area (Å²) < 4.78 is 17.0. The van der Waals surface area contributed by atoms with Gasteiger partial charge in [0.2, 0.25) is 5.91 Å². The standard InChI is InChI=1S/C19H34N2O4/c1-23-11-3-8-21-16-19(25-13-5-18(21)22)6-9-20(10-7-19)14-17-4-2-12-24-15-17/h17H,2-16H2,1H3. The van der Waals surface area contributed by atoms with Crippen LogP contribution in [0.2, 0.25) is 0 Å². The number of hydrogen-bond acceptors (Lipinski definition) is 5. The van der Waals surface area contributed by atoms with Crippen LogP contribution in [0.3, 0.4) is 0 Å². The molecule has 3 fully saturated rings. The summed E-state index contributed by atoms with van der Waals surface area (Å²) in [6, 6.07) is 0. The van der Waals surface area contributed by atoms with Gasteiger partial charge in [-0.05, 0) is 38.0 Å². The second-order valence-electron chi connectivity index (χ2n) is 7.83. The smallest absolute Gasteiger partial charge is 0.224 e. The van der Waals surface area contributed by atoms with E-state index in [1.807, 2.05) is 4.90 Å². The molecule has 3 aliphatic rings. The average molecular weight is 354 g/mol. The van der Waals surface area contributed by atoms with Crippen LogP contribution in [0, 0.1) is 5.92 Å². The van der Waals surface area contributed by atoms with Crippen molar-refractivity contribution in [3.63, 3.8) is 0 Å². The molecule has 6 heteroatoms. The van der Waals surface area contributed by atoms with Gasteiger partial charge in [-0.3, -0.25) is 4.79 Å². The zero-order valence-corrected chi connectivity index (χ0v) is 15.7. The Balaban J connectivity index is 1.50. The van der Waals surface area contributed by atoms with E-state index in [2.05, 4.69) is 4.90 Å². The monoisotopic (exact) mass is 354 g/mol. The Morgan fingerprint density at radius 3 is 2.84 bits per heavy atom. The first-order valence-corrected chi connectivity index (χ1v) is 9.91. The van der Waals surface area contributed by atoms with Gasteiger partial charge in [-0.2, -0.15) is 0 Å². The highest BCUT2D eigenvalue weighted by molar-refractivity contribution is 5.76. The molecule has 0 bridgehead atoms. The molecule has 144 valence electrons. The first kappa shape index (κ1) is 19.1. The highest BCUT2D eigenvalue weighted by Gasteiger charge is 2.40. The van der Waals surface area contributed by atoms with Gasteiger partial charge in [-0.25, -0.2) is 0 Å². The molecule has 0 aromatic rings. The van der Waals surface area contributed by atoms with Crippen molar-refractivity contribution in [3.8, 4) is 0 Å². The average Bonchev–Trinajstić information content (AvgIpc) is 2.78. The fourth-order valence-electron chi connectivity index (χ4n) is 4.36. The van der Waals surface area contributed by atoms with Crippen molar-refractivity contribution >= 4 is 5.91 Å². The summed E-state index contributed by atoms with van der Waals surface area (Å²) in [4.78, 5) is 16.9.